The standard InChI is InChI=1S/C43H32N2/c1-43-28-11-10-21-41(43)44(34-25-22-31(23-26-34)30-13-4-2-5-14-30)40-27-24-32(29-38(40)43)35-18-12-19-37-36-17-8-9-20-39(36)45(42(35)37)33-15-6-3-7-16-33/h2-29,41H,1H3. The lowest BCUT2D eigenvalue weighted by Crippen LogP contribution is -2.39. The van der Waals surface area contributed by atoms with Gasteiger partial charge in [0.25, 0.3) is 0 Å². The van der Waals surface area contributed by atoms with E-state index in [4.69, 9.17) is 0 Å². The smallest absolute Gasteiger partial charge is 0.0655 e. The van der Waals surface area contributed by atoms with Gasteiger partial charge in [-0.05, 0) is 71.6 Å². The highest BCUT2D eigenvalue weighted by molar-refractivity contribution is 6.13. The first-order valence-corrected chi connectivity index (χ1v) is 15.7. The molecule has 2 aliphatic rings. The van der Waals surface area contributed by atoms with Crippen molar-refractivity contribution in [2.75, 3.05) is 4.90 Å². The zero-order chi connectivity index (χ0) is 30.0. The van der Waals surface area contributed by atoms with Gasteiger partial charge in [0.1, 0.15) is 0 Å². The second-order valence-electron chi connectivity index (χ2n) is 12.4. The van der Waals surface area contributed by atoms with Crippen LogP contribution >= 0.6 is 0 Å². The Labute approximate surface area is 263 Å². The summed E-state index contributed by atoms with van der Waals surface area (Å²) in [4.78, 5) is 2.52. The van der Waals surface area contributed by atoms with Crippen LogP contribution in [0, 0.1) is 0 Å². The number of nitrogens with zero attached hydrogens (tertiary/aromatic N) is 2. The van der Waals surface area contributed by atoms with Gasteiger partial charge in [-0.3, -0.25) is 0 Å². The van der Waals surface area contributed by atoms with Crippen LogP contribution < -0.4 is 4.90 Å². The van der Waals surface area contributed by atoms with Crippen LogP contribution in [0.25, 0.3) is 49.7 Å². The maximum absolute atomic E-state index is 2.52. The Morgan fingerprint density at radius 3 is 2.07 bits per heavy atom. The highest BCUT2D eigenvalue weighted by Crippen LogP contribution is 2.53. The van der Waals surface area contributed by atoms with E-state index in [0.717, 1.165) is 0 Å². The number of anilines is 2. The summed E-state index contributed by atoms with van der Waals surface area (Å²) in [7, 11) is 0. The molecule has 2 unspecified atom stereocenters. The minimum Gasteiger partial charge on any atom is -0.333 e. The molecule has 45 heavy (non-hydrogen) atoms. The van der Waals surface area contributed by atoms with E-state index >= 15 is 0 Å². The van der Waals surface area contributed by atoms with Crippen LogP contribution in [0.2, 0.25) is 0 Å². The average Bonchev–Trinajstić information content (AvgIpc) is 3.58. The van der Waals surface area contributed by atoms with Crippen LogP contribution in [0.15, 0.2) is 170 Å². The molecule has 0 spiro atoms. The Balaban J connectivity index is 1.23. The minimum absolute atomic E-state index is 0.155. The van der Waals surface area contributed by atoms with E-state index in [1.807, 2.05) is 0 Å². The molecular formula is C43H32N2. The van der Waals surface area contributed by atoms with Gasteiger partial charge < -0.3 is 9.47 Å². The van der Waals surface area contributed by atoms with Crippen LogP contribution in [-0.2, 0) is 5.41 Å². The molecule has 6 aromatic carbocycles. The van der Waals surface area contributed by atoms with Gasteiger partial charge >= 0.3 is 0 Å². The number of rotatable bonds is 4. The highest BCUT2D eigenvalue weighted by Gasteiger charge is 2.46. The average molecular weight is 577 g/mol. The lowest BCUT2D eigenvalue weighted by Gasteiger charge is -2.34. The number of hydrogen-bond donors (Lipinski definition) is 0. The molecule has 214 valence electrons. The first-order valence-electron chi connectivity index (χ1n) is 15.7. The molecule has 0 radical (unpaired) electrons. The fourth-order valence-corrected chi connectivity index (χ4v) is 7.66. The molecule has 0 saturated heterocycles. The van der Waals surface area contributed by atoms with Crippen LogP contribution in [-0.4, -0.2) is 10.6 Å². The molecule has 7 aromatic rings. The molecule has 0 N–H and O–H groups in total. The molecule has 9 rings (SSSR count). The van der Waals surface area contributed by atoms with E-state index in [9.17, 15) is 0 Å². The van der Waals surface area contributed by atoms with Gasteiger partial charge in [-0.1, -0.05) is 127 Å². The monoisotopic (exact) mass is 576 g/mol. The third-order valence-electron chi connectivity index (χ3n) is 9.85. The van der Waals surface area contributed by atoms with E-state index in [1.165, 1.54) is 66.7 Å². The van der Waals surface area contributed by atoms with Gasteiger partial charge in [0, 0.05) is 38.8 Å². The van der Waals surface area contributed by atoms with Gasteiger partial charge in [-0.2, -0.15) is 0 Å². The summed E-state index contributed by atoms with van der Waals surface area (Å²) in [6.45, 7) is 2.39. The summed E-state index contributed by atoms with van der Waals surface area (Å²) in [5.41, 5.74) is 12.3. The topological polar surface area (TPSA) is 8.17 Å². The molecule has 2 heterocycles. The van der Waals surface area contributed by atoms with E-state index in [-0.39, 0.29) is 11.5 Å². The highest BCUT2D eigenvalue weighted by atomic mass is 15.2. The van der Waals surface area contributed by atoms with Crippen LogP contribution in [0.5, 0.6) is 0 Å². The summed E-state index contributed by atoms with van der Waals surface area (Å²) in [6, 6.07) is 53.2. The molecule has 1 aliphatic heterocycles. The number of allylic oxidation sites excluding steroid dienone is 2. The zero-order valence-electron chi connectivity index (χ0n) is 25.1. The molecule has 0 amide bonds. The maximum atomic E-state index is 2.52. The van der Waals surface area contributed by atoms with E-state index in [0.29, 0.717) is 0 Å². The number of benzene rings is 6. The molecule has 2 atom stereocenters. The quantitative estimate of drug-likeness (QED) is 0.202. The zero-order valence-corrected chi connectivity index (χ0v) is 25.1. The van der Waals surface area contributed by atoms with Crippen molar-refractivity contribution < 1.29 is 0 Å². The number of para-hydroxylation sites is 3. The second kappa shape index (κ2) is 9.97. The van der Waals surface area contributed by atoms with Gasteiger partial charge in [0.2, 0.25) is 0 Å². The summed E-state index contributed by atoms with van der Waals surface area (Å²) < 4.78 is 2.43. The molecular weight excluding hydrogens is 544 g/mol. The van der Waals surface area contributed by atoms with Gasteiger partial charge in [-0.25, -0.2) is 0 Å². The van der Waals surface area contributed by atoms with Crippen molar-refractivity contribution in [2.45, 2.75) is 18.4 Å². The number of hydrogen-bond acceptors (Lipinski definition) is 1. The first kappa shape index (κ1) is 25.9. The molecule has 2 nitrogen and oxygen atoms in total. The lowest BCUT2D eigenvalue weighted by atomic mass is 9.75. The van der Waals surface area contributed by atoms with Crippen molar-refractivity contribution in [1.29, 1.82) is 0 Å². The van der Waals surface area contributed by atoms with Crippen molar-refractivity contribution in [3.05, 3.63) is 175 Å². The minimum atomic E-state index is -0.155. The molecule has 0 bridgehead atoms. The Kier molecular flexibility index (Phi) is 5.73. The maximum Gasteiger partial charge on any atom is 0.0655 e. The molecule has 2 heteroatoms. The van der Waals surface area contributed by atoms with Gasteiger partial charge in [-0.15, -0.1) is 0 Å². The van der Waals surface area contributed by atoms with Crippen molar-refractivity contribution in [3.8, 4) is 27.9 Å². The predicted molar refractivity (Wildman–Crippen MR) is 190 cm³/mol. The second-order valence-corrected chi connectivity index (χ2v) is 12.4. The normalized spacial score (nSPS) is 18.4. The summed E-state index contributed by atoms with van der Waals surface area (Å²) in [6.07, 6.45) is 9.16. The largest absolute Gasteiger partial charge is 0.333 e. The third kappa shape index (κ3) is 3.89. The Morgan fingerprint density at radius 1 is 0.556 bits per heavy atom. The fourth-order valence-electron chi connectivity index (χ4n) is 7.66. The van der Waals surface area contributed by atoms with E-state index < -0.39 is 0 Å². The molecule has 0 fully saturated rings. The Bertz CT molecular complexity index is 2270. The van der Waals surface area contributed by atoms with Crippen molar-refractivity contribution >= 4 is 33.2 Å². The van der Waals surface area contributed by atoms with Gasteiger partial charge in [0.15, 0.2) is 0 Å². The molecule has 1 aromatic heterocycles. The molecule has 1 aliphatic carbocycles. The SMILES string of the molecule is CC12C=CC=CC1N(c1ccc(-c3ccccc3)cc1)c1ccc(-c3cccc4c5ccccc5n(-c5ccccc5)c34)cc12. The van der Waals surface area contributed by atoms with Gasteiger partial charge in [0.05, 0.1) is 17.1 Å². The fraction of sp³-hybridized carbons (Fsp3) is 0.0698. The van der Waals surface area contributed by atoms with E-state index in [2.05, 4.69) is 186 Å². The summed E-state index contributed by atoms with van der Waals surface area (Å²) in [5.74, 6) is 0. The summed E-state index contributed by atoms with van der Waals surface area (Å²) >= 11 is 0. The van der Waals surface area contributed by atoms with E-state index in [1.54, 1.807) is 0 Å². The number of aromatic nitrogens is 1. The third-order valence-corrected chi connectivity index (χ3v) is 9.85. The van der Waals surface area contributed by atoms with Crippen LogP contribution in [0.1, 0.15) is 12.5 Å². The van der Waals surface area contributed by atoms with Crippen molar-refractivity contribution in [2.24, 2.45) is 0 Å². The molecule has 0 saturated carbocycles. The summed E-state index contributed by atoms with van der Waals surface area (Å²) in [5, 5.41) is 2.55. The first-order chi connectivity index (χ1) is 22.2. The number of fused-ring (bicyclic) bond motifs is 6. The van der Waals surface area contributed by atoms with Crippen molar-refractivity contribution in [3.63, 3.8) is 0 Å². The van der Waals surface area contributed by atoms with Crippen LogP contribution in [0.4, 0.5) is 11.4 Å². The lowest BCUT2D eigenvalue weighted by molar-refractivity contribution is 0.551. The predicted octanol–water partition coefficient (Wildman–Crippen LogP) is 11.0. The Morgan fingerprint density at radius 2 is 1.24 bits per heavy atom. The van der Waals surface area contributed by atoms with Crippen LogP contribution in [0.3, 0.4) is 0 Å². The Hall–Kier alpha value is -5.60. The van der Waals surface area contributed by atoms with Crippen molar-refractivity contribution in [1.82, 2.24) is 4.57 Å².